The maximum absolute atomic E-state index is 12.5. The number of hydrogen-bond donors (Lipinski definition) is 3. The molecule has 72 heavy (non-hydrogen) atoms. The van der Waals surface area contributed by atoms with Crippen LogP contribution in [0.5, 0.6) is 0 Å². The van der Waals surface area contributed by atoms with E-state index in [0.29, 0.717) is 19.4 Å². The zero-order chi connectivity index (χ0) is 52.2. The third kappa shape index (κ3) is 57.6. The average molecular weight is 1010 g/mol. The van der Waals surface area contributed by atoms with E-state index >= 15 is 0 Å². The number of allylic oxidation sites excluding steroid dienone is 3. The van der Waals surface area contributed by atoms with Crippen LogP contribution in [0.1, 0.15) is 361 Å². The van der Waals surface area contributed by atoms with Gasteiger partial charge in [-0.1, -0.05) is 314 Å². The van der Waals surface area contributed by atoms with Crippen LogP contribution in [0, 0.1) is 0 Å². The molecule has 0 aliphatic carbocycles. The number of unbranched alkanes of at least 4 members (excludes halogenated alkanes) is 48. The number of amides is 1. The molecule has 6 nitrogen and oxygen atoms in total. The SMILES string of the molecule is CCCCCCCCCCCCCCCC/C=C/C(O)C(CO)NC(=O)CCCCCCCCCCCCC/C=C\CCCCCCCCCCCCCCOC(=O)CCCCCCCCCCCCCC. The highest BCUT2D eigenvalue weighted by atomic mass is 16.5. The quantitative estimate of drug-likeness (QED) is 0.0320. The summed E-state index contributed by atoms with van der Waals surface area (Å²) in [5.74, 6) is -0.0507. The van der Waals surface area contributed by atoms with Crippen molar-refractivity contribution in [3.05, 3.63) is 24.3 Å². The van der Waals surface area contributed by atoms with Crippen molar-refractivity contribution < 1.29 is 24.5 Å². The molecule has 0 saturated carbocycles. The molecule has 2 atom stereocenters. The number of aliphatic hydroxyl groups is 2. The van der Waals surface area contributed by atoms with Crippen LogP contribution in [-0.2, 0) is 14.3 Å². The van der Waals surface area contributed by atoms with Gasteiger partial charge in [0, 0.05) is 12.8 Å². The van der Waals surface area contributed by atoms with Crippen molar-refractivity contribution in [2.24, 2.45) is 0 Å². The maximum atomic E-state index is 12.5. The molecule has 0 heterocycles. The molecule has 0 spiro atoms. The molecule has 0 aromatic carbocycles. The molecule has 0 rings (SSSR count). The van der Waals surface area contributed by atoms with Gasteiger partial charge >= 0.3 is 5.97 Å². The van der Waals surface area contributed by atoms with Crippen LogP contribution in [0.25, 0.3) is 0 Å². The number of esters is 1. The zero-order valence-electron chi connectivity index (χ0n) is 48.7. The third-order valence-electron chi connectivity index (χ3n) is 15.2. The highest BCUT2D eigenvalue weighted by Gasteiger charge is 2.18. The molecule has 0 bridgehead atoms. The smallest absolute Gasteiger partial charge is 0.305 e. The molecule has 6 heteroatoms. The van der Waals surface area contributed by atoms with Crippen molar-refractivity contribution in [1.82, 2.24) is 5.32 Å². The first-order valence-corrected chi connectivity index (χ1v) is 32.6. The Morgan fingerprint density at radius 1 is 0.375 bits per heavy atom. The largest absolute Gasteiger partial charge is 0.466 e. The molecule has 1 amide bonds. The van der Waals surface area contributed by atoms with E-state index in [-0.39, 0.29) is 18.5 Å². The van der Waals surface area contributed by atoms with E-state index in [4.69, 9.17) is 4.74 Å². The number of carbonyl (C=O) groups excluding carboxylic acids is 2. The van der Waals surface area contributed by atoms with Crippen LogP contribution in [0.2, 0.25) is 0 Å². The summed E-state index contributed by atoms with van der Waals surface area (Å²) < 4.78 is 5.48. The van der Waals surface area contributed by atoms with Crippen LogP contribution in [0.15, 0.2) is 24.3 Å². The molecule has 2 unspecified atom stereocenters. The summed E-state index contributed by atoms with van der Waals surface area (Å²) in [7, 11) is 0. The molecule has 0 aliphatic rings. The minimum Gasteiger partial charge on any atom is -0.466 e. The van der Waals surface area contributed by atoms with Crippen LogP contribution < -0.4 is 5.32 Å². The summed E-state index contributed by atoms with van der Waals surface area (Å²) >= 11 is 0. The van der Waals surface area contributed by atoms with Crippen LogP contribution in [0.4, 0.5) is 0 Å². The predicted molar refractivity (Wildman–Crippen MR) is 315 cm³/mol. The predicted octanol–water partition coefficient (Wildman–Crippen LogP) is 20.6. The highest BCUT2D eigenvalue weighted by Crippen LogP contribution is 2.18. The standard InChI is InChI=1S/C66H127NO5/c1-3-5-7-9-11-13-15-17-18-32-35-38-42-46-50-54-58-64(69)63(62-68)67-65(70)59-55-51-47-43-39-36-33-30-28-26-24-22-20-19-21-23-25-27-29-31-34-37-41-45-49-53-57-61-72-66(71)60-56-52-48-44-40-16-14-12-10-8-6-4-2/h19-20,54,58,63-64,68-69H,3-18,21-53,55-57,59-62H2,1-2H3,(H,67,70)/b20-19-,58-54+. The fraction of sp³-hybridized carbons (Fsp3) is 0.909. The zero-order valence-corrected chi connectivity index (χ0v) is 48.7. The highest BCUT2D eigenvalue weighted by molar-refractivity contribution is 5.76. The van der Waals surface area contributed by atoms with Gasteiger partial charge in [-0.3, -0.25) is 9.59 Å². The van der Waals surface area contributed by atoms with E-state index in [9.17, 15) is 19.8 Å². The molecule has 0 fully saturated rings. The molecule has 3 N–H and O–H groups in total. The van der Waals surface area contributed by atoms with Crippen LogP contribution in [-0.4, -0.2) is 47.4 Å². The van der Waals surface area contributed by atoms with Crippen LogP contribution >= 0.6 is 0 Å². The van der Waals surface area contributed by atoms with Gasteiger partial charge in [0.25, 0.3) is 0 Å². The Kier molecular flexibility index (Phi) is 60.5. The number of rotatable bonds is 61. The summed E-state index contributed by atoms with van der Waals surface area (Å²) in [5.41, 5.74) is 0. The van der Waals surface area contributed by atoms with E-state index < -0.39 is 12.1 Å². The first-order chi connectivity index (χ1) is 35.5. The van der Waals surface area contributed by atoms with Gasteiger partial charge in [-0.25, -0.2) is 0 Å². The molecule has 0 aromatic heterocycles. The fourth-order valence-electron chi connectivity index (χ4n) is 10.2. The summed E-state index contributed by atoms with van der Waals surface area (Å²) in [4.78, 5) is 24.5. The minimum atomic E-state index is -0.844. The lowest BCUT2D eigenvalue weighted by molar-refractivity contribution is -0.143. The molecule has 0 aromatic rings. The first kappa shape index (κ1) is 70.3. The number of aliphatic hydroxyl groups excluding tert-OH is 2. The van der Waals surface area contributed by atoms with Crippen LogP contribution in [0.3, 0.4) is 0 Å². The maximum Gasteiger partial charge on any atom is 0.305 e. The van der Waals surface area contributed by atoms with E-state index in [0.717, 1.165) is 38.5 Å². The Hall–Kier alpha value is -1.66. The molecular weight excluding hydrogens is 887 g/mol. The Morgan fingerprint density at radius 2 is 0.653 bits per heavy atom. The normalized spacial score (nSPS) is 12.7. The first-order valence-electron chi connectivity index (χ1n) is 32.6. The molecule has 0 saturated heterocycles. The van der Waals surface area contributed by atoms with Gasteiger partial charge in [0.15, 0.2) is 0 Å². The number of carbonyl (C=O) groups is 2. The van der Waals surface area contributed by atoms with Gasteiger partial charge in [-0.05, 0) is 57.8 Å². The van der Waals surface area contributed by atoms with E-state index in [1.807, 2.05) is 6.08 Å². The number of ether oxygens (including phenoxy) is 1. The van der Waals surface area contributed by atoms with Crippen molar-refractivity contribution in [2.75, 3.05) is 13.2 Å². The van der Waals surface area contributed by atoms with Gasteiger partial charge < -0.3 is 20.3 Å². The summed E-state index contributed by atoms with van der Waals surface area (Å²) in [6, 6.07) is -0.628. The lowest BCUT2D eigenvalue weighted by Crippen LogP contribution is -2.45. The summed E-state index contributed by atoms with van der Waals surface area (Å²) in [6.45, 7) is 4.93. The van der Waals surface area contributed by atoms with Gasteiger partial charge in [0.2, 0.25) is 5.91 Å². The van der Waals surface area contributed by atoms with Gasteiger partial charge in [-0.15, -0.1) is 0 Å². The van der Waals surface area contributed by atoms with Crippen molar-refractivity contribution in [2.45, 2.75) is 373 Å². The van der Waals surface area contributed by atoms with Gasteiger partial charge in [0.1, 0.15) is 0 Å². The second-order valence-electron chi connectivity index (χ2n) is 22.5. The van der Waals surface area contributed by atoms with Crippen molar-refractivity contribution in [1.29, 1.82) is 0 Å². The minimum absolute atomic E-state index is 0.0158. The molecule has 0 aliphatic heterocycles. The molecule has 0 radical (unpaired) electrons. The second kappa shape index (κ2) is 61.9. The molecular formula is C66H127NO5. The van der Waals surface area contributed by atoms with E-state index in [1.165, 1.54) is 295 Å². The van der Waals surface area contributed by atoms with Gasteiger partial charge in [0.05, 0.1) is 25.4 Å². The Labute approximate surface area is 450 Å². The summed E-state index contributed by atoms with van der Waals surface area (Å²) in [6.07, 6.45) is 76.6. The molecule has 426 valence electrons. The monoisotopic (exact) mass is 1010 g/mol. The lowest BCUT2D eigenvalue weighted by Gasteiger charge is -2.20. The Bertz CT molecular complexity index is 1120. The van der Waals surface area contributed by atoms with Gasteiger partial charge in [-0.2, -0.15) is 0 Å². The van der Waals surface area contributed by atoms with Crippen molar-refractivity contribution in [3.8, 4) is 0 Å². The third-order valence-corrected chi connectivity index (χ3v) is 15.2. The number of hydrogen-bond acceptors (Lipinski definition) is 5. The Morgan fingerprint density at radius 3 is 0.986 bits per heavy atom. The fourth-order valence-corrected chi connectivity index (χ4v) is 10.2. The topological polar surface area (TPSA) is 95.9 Å². The van der Waals surface area contributed by atoms with Crippen molar-refractivity contribution >= 4 is 11.9 Å². The van der Waals surface area contributed by atoms with Crippen molar-refractivity contribution in [3.63, 3.8) is 0 Å². The Balaban J connectivity index is 3.40. The lowest BCUT2D eigenvalue weighted by atomic mass is 10.0. The van der Waals surface area contributed by atoms with E-state index in [2.05, 4.69) is 31.3 Å². The van der Waals surface area contributed by atoms with E-state index in [1.54, 1.807) is 6.08 Å². The number of nitrogens with one attached hydrogen (secondary N) is 1. The average Bonchev–Trinajstić information content (AvgIpc) is 3.38. The summed E-state index contributed by atoms with van der Waals surface area (Å²) in [5, 5.41) is 23.2. The second-order valence-corrected chi connectivity index (χ2v) is 22.5.